The highest BCUT2D eigenvalue weighted by Gasteiger charge is 2.35. The van der Waals surface area contributed by atoms with Crippen LogP contribution >= 0.6 is 34.8 Å². The minimum absolute atomic E-state index is 0.302. The number of aromatic nitrogens is 1. The van der Waals surface area contributed by atoms with Crippen molar-refractivity contribution in [1.29, 1.82) is 0 Å². The number of nitrogens with one attached hydrogen (secondary N) is 3. The number of fused-ring (bicyclic) bond motifs is 1. The van der Waals surface area contributed by atoms with Gasteiger partial charge in [0.1, 0.15) is 30.8 Å². The first-order valence-corrected chi connectivity index (χ1v) is 17.5. The van der Waals surface area contributed by atoms with Gasteiger partial charge in [0.05, 0.1) is 16.6 Å². The van der Waals surface area contributed by atoms with Crippen LogP contribution < -0.4 is 16.1 Å². The maximum Gasteiger partial charge on any atom is 0.325 e. The lowest BCUT2D eigenvalue weighted by Gasteiger charge is -2.35. The number of pyridine rings is 1. The number of aryl methyl sites for hydroxylation is 1. The van der Waals surface area contributed by atoms with Crippen LogP contribution in [-0.4, -0.2) is 74.7 Å². The van der Waals surface area contributed by atoms with Crippen LogP contribution in [0.5, 0.6) is 0 Å². The molecule has 15 heteroatoms. The number of rotatable bonds is 12. The highest BCUT2D eigenvalue weighted by atomic mass is 35.6. The van der Waals surface area contributed by atoms with E-state index in [9.17, 15) is 24.0 Å². The van der Waals surface area contributed by atoms with Gasteiger partial charge in [0.2, 0.25) is 15.6 Å². The molecule has 1 aromatic heterocycles. The highest BCUT2D eigenvalue weighted by molar-refractivity contribution is 6.67. The zero-order chi connectivity index (χ0) is 37.6. The van der Waals surface area contributed by atoms with Gasteiger partial charge >= 0.3 is 11.9 Å². The lowest BCUT2D eigenvalue weighted by molar-refractivity contribution is -0.153. The lowest BCUT2D eigenvalue weighted by atomic mass is 9.89. The third-order valence-corrected chi connectivity index (χ3v) is 8.50. The van der Waals surface area contributed by atoms with Crippen molar-refractivity contribution in [2.75, 3.05) is 13.2 Å². The SMILES string of the molecule is CC(=O)O[C@H](C)c1ccc2c(C)cc(/C=C/C(C)(C)C(=O)N[C@H](C(=O)N[C@@H](C)C(=O)N3CCC[C@@H](C(=O)OCC(Cl)(Cl)Cl)N3)C(C)C)cc2n1. The maximum atomic E-state index is 13.5. The molecule has 0 bridgehead atoms. The first kappa shape index (κ1) is 41.0. The molecule has 0 unspecified atom stereocenters. The largest absolute Gasteiger partial charge is 0.460 e. The number of carbonyl (C=O) groups is 5. The predicted octanol–water partition coefficient (Wildman–Crippen LogP) is 5.26. The Morgan fingerprint density at radius 3 is 2.38 bits per heavy atom. The zero-order valence-corrected chi connectivity index (χ0v) is 31.8. The normalized spacial score (nSPS) is 17.3. The van der Waals surface area contributed by atoms with Gasteiger partial charge in [-0.3, -0.25) is 29.0 Å². The van der Waals surface area contributed by atoms with Gasteiger partial charge in [0, 0.05) is 18.9 Å². The Bertz CT molecular complexity index is 1630. The van der Waals surface area contributed by atoms with Gasteiger partial charge < -0.3 is 20.1 Å². The van der Waals surface area contributed by atoms with Crippen LogP contribution in [0.1, 0.15) is 84.2 Å². The zero-order valence-electron chi connectivity index (χ0n) is 29.6. The number of amides is 3. The third kappa shape index (κ3) is 11.5. The van der Waals surface area contributed by atoms with Gasteiger partial charge in [-0.05, 0) is 76.6 Å². The van der Waals surface area contributed by atoms with Crippen LogP contribution in [0.15, 0.2) is 30.3 Å². The summed E-state index contributed by atoms with van der Waals surface area (Å²) >= 11 is 17.0. The summed E-state index contributed by atoms with van der Waals surface area (Å²) in [4.78, 5) is 68.7. The lowest BCUT2D eigenvalue weighted by Crippen LogP contribution is -2.61. The number of ether oxygens (including phenoxy) is 2. The summed E-state index contributed by atoms with van der Waals surface area (Å²) in [5.41, 5.74) is 4.96. The molecular weight excluding hydrogens is 709 g/mol. The van der Waals surface area contributed by atoms with Crippen molar-refractivity contribution >= 4 is 81.4 Å². The van der Waals surface area contributed by atoms with E-state index in [4.69, 9.17) is 49.3 Å². The smallest absolute Gasteiger partial charge is 0.325 e. The van der Waals surface area contributed by atoms with Gasteiger partial charge in [-0.1, -0.05) is 72.9 Å². The van der Waals surface area contributed by atoms with Gasteiger partial charge in [0.15, 0.2) is 0 Å². The average Bonchev–Trinajstić information content (AvgIpc) is 3.03. The van der Waals surface area contributed by atoms with Crippen LogP contribution in [-0.2, 0) is 33.4 Å². The number of alkyl halides is 3. The van der Waals surface area contributed by atoms with E-state index < -0.39 is 63.8 Å². The molecule has 1 saturated heterocycles. The highest BCUT2D eigenvalue weighted by Crippen LogP contribution is 2.27. The van der Waals surface area contributed by atoms with Crippen molar-refractivity contribution < 1.29 is 33.4 Å². The fraction of sp³-hybridized carbons (Fsp3) is 0.543. The van der Waals surface area contributed by atoms with Crippen LogP contribution in [0.4, 0.5) is 0 Å². The van der Waals surface area contributed by atoms with Crippen molar-refractivity contribution in [2.45, 2.75) is 96.3 Å². The minimum Gasteiger partial charge on any atom is -0.460 e. The second kappa shape index (κ2) is 17.2. The van der Waals surface area contributed by atoms with Gasteiger partial charge in [-0.15, -0.1) is 0 Å². The maximum absolute atomic E-state index is 13.5. The number of halogens is 3. The second-order valence-electron chi connectivity index (χ2n) is 13.4. The Kier molecular flexibility index (Phi) is 14.1. The van der Waals surface area contributed by atoms with E-state index in [1.807, 2.05) is 37.3 Å². The van der Waals surface area contributed by atoms with Crippen molar-refractivity contribution in [3.63, 3.8) is 0 Å². The molecule has 1 aliphatic heterocycles. The first-order valence-electron chi connectivity index (χ1n) is 16.4. The molecule has 1 fully saturated rings. The second-order valence-corrected chi connectivity index (χ2v) is 15.9. The van der Waals surface area contributed by atoms with E-state index in [1.165, 1.54) is 18.9 Å². The molecule has 3 N–H and O–H groups in total. The quantitative estimate of drug-likeness (QED) is 0.194. The molecule has 3 rings (SSSR count). The van der Waals surface area contributed by atoms with Crippen LogP contribution in [0.2, 0.25) is 0 Å². The Labute approximate surface area is 307 Å². The van der Waals surface area contributed by atoms with Crippen LogP contribution in [0, 0.1) is 18.3 Å². The van der Waals surface area contributed by atoms with E-state index in [-0.39, 0.29) is 11.8 Å². The summed E-state index contributed by atoms with van der Waals surface area (Å²) in [6.45, 7) is 13.5. The van der Waals surface area contributed by atoms with Crippen molar-refractivity contribution in [1.82, 2.24) is 26.1 Å². The summed E-state index contributed by atoms with van der Waals surface area (Å²) in [6, 6.07) is 4.92. The standard InChI is InChI=1S/C35H46Cl3N5O7/c1-19(2)29(30(45)39-21(4)31(46)43-15-9-10-27(42-43)32(47)49-18-35(36,37)38)41-33(48)34(7,8)14-13-24-16-20(3)25-11-12-26(40-28(25)17-24)22(5)50-23(6)44/h11-14,16-17,19,21-22,27,29,42H,9-10,15,18H2,1-8H3,(H,39,45)(H,41,48)/b14-13+/t21-,22+,27-,29-/m0/s1. The molecule has 0 radical (unpaired) electrons. The Hall–Kier alpha value is -3.45. The number of hydrogen-bond acceptors (Lipinski definition) is 9. The van der Waals surface area contributed by atoms with Crippen LogP contribution in [0.3, 0.4) is 0 Å². The fourth-order valence-corrected chi connectivity index (χ4v) is 5.47. The van der Waals surface area contributed by atoms with Crippen molar-refractivity contribution in [3.05, 3.63) is 47.2 Å². The van der Waals surface area contributed by atoms with Gasteiger partial charge in [-0.25, -0.2) is 10.4 Å². The summed E-state index contributed by atoms with van der Waals surface area (Å²) in [5, 5.41) is 7.77. The third-order valence-electron chi connectivity index (χ3n) is 8.17. The summed E-state index contributed by atoms with van der Waals surface area (Å²) in [5.74, 6) is -2.75. The van der Waals surface area contributed by atoms with E-state index in [2.05, 4.69) is 16.1 Å². The van der Waals surface area contributed by atoms with E-state index >= 15 is 0 Å². The van der Waals surface area contributed by atoms with Crippen molar-refractivity contribution in [2.24, 2.45) is 11.3 Å². The molecule has 274 valence electrons. The van der Waals surface area contributed by atoms with Crippen molar-refractivity contribution in [3.8, 4) is 0 Å². The Morgan fingerprint density at radius 2 is 1.76 bits per heavy atom. The molecule has 4 atom stereocenters. The topological polar surface area (TPSA) is 156 Å². The van der Waals surface area contributed by atoms with E-state index in [1.54, 1.807) is 40.7 Å². The molecule has 0 spiro atoms. The molecular formula is C35H46Cl3N5O7. The molecule has 0 aliphatic carbocycles. The Morgan fingerprint density at radius 1 is 1.08 bits per heavy atom. The number of carbonyl (C=O) groups excluding carboxylic acids is 5. The summed E-state index contributed by atoms with van der Waals surface area (Å²) in [7, 11) is 0. The summed E-state index contributed by atoms with van der Waals surface area (Å²) < 4.78 is 8.56. The molecule has 12 nitrogen and oxygen atoms in total. The molecule has 0 saturated carbocycles. The number of hydrogen-bond donors (Lipinski definition) is 3. The predicted molar refractivity (Wildman–Crippen MR) is 193 cm³/mol. The van der Waals surface area contributed by atoms with Gasteiger partial charge in [-0.2, -0.15) is 0 Å². The number of hydrazine groups is 1. The molecule has 2 aromatic rings. The monoisotopic (exact) mass is 753 g/mol. The number of esters is 2. The molecule has 3 amide bonds. The van der Waals surface area contributed by atoms with E-state index in [0.717, 1.165) is 22.0 Å². The number of nitrogens with zero attached hydrogens (tertiary/aromatic N) is 2. The average molecular weight is 755 g/mol. The summed E-state index contributed by atoms with van der Waals surface area (Å²) in [6.07, 6.45) is 3.99. The molecule has 1 aromatic carbocycles. The molecule has 2 heterocycles. The fourth-order valence-electron chi connectivity index (χ4n) is 5.30. The van der Waals surface area contributed by atoms with Crippen LogP contribution in [0.25, 0.3) is 17.0 Å². The molecule has 1 aliphatic rings. The molecule has 50 heavy (non-hydrogen) atoms. The van der Waals surface area contributed by atoms with E-state index in [0.29, 0.717) is 25.1 Å². The minimum atomic E-state index is -1.76. The Balaban J connectivity index is 1.66. The number of benzene rings is 1. The van der Waals surface area contributed by atoms with Gasteiger partial charge in [0.25, 0.3) is 5.91 Å². The first-order chi connectivity index (χ1) is 23.2.